The van der Waals surface area contributed by atoms with Gasteiger partial charge in [0.15, 0.2) is 0 Å². The van der Waals surface area contributed by atoms with Gasteiger partial charge in [-0.3, -0.25) is 0 Å². The van der Waals surface area contributed by atoms with E-state index in [1.807, 2.05) is 0 Å². The number of carboxylic acid groups (broad SMARTS) is 1. The number of benzene rings is 1. The van der Waals surface area contributed by atoms with Crippen molar-refractivity contribution in [1.29, 1.82) is 0 Å². The second-order valence-corrected chi connectivity index (χ2v) is 5.40. The van der Waals surface area contributed by atoms with Crippen molar-refractivity contribution in [1.82, 2.24) is 0 Å². The van der Waals surface area contributed by atoms with Crippen LogP contribution in [0.3, 0.4) is 0 Å². The molecule has 0 bridgehead atoms. The first kappa shape index (κ1) is 17.7. The predicted molar refractivity (Wildman–Crippen MR) is 82.9 cm³/mol. The molecule has 1 aliphatic heterocycles. The number of hydrogen-bond donors (Lipinski definition) is 1. The van der Waals surface area contributed by atoms with Gasteiger partial charge in [-0.1, -0.05) is 6.58 Å². The molecule has 1 aromatic rings. The van der Waals surface area contributed by atoms with Gasteiger partial charge in [0, 0.05) is 12.0 Å². The van der Waals surface area contributed by atoms with E-state index < -0.39 is 17.9 Å². The molecule has 0 aliphatic carbocycles. The Bertz CT molecular complexity index is 674. The normalized spacial score (nSPS) is 15.5. The maximum Gasteiger partial charge on any atom is 0.338 e. The van der Waals surface area contributed by atoms with Crippen LogP contribution in [0.2, 0.25) is 0 Å². The Morgan fingerprint density at radius 2 is 2.04 bits per heavy atom. The number of carbonyl (C=O) groups is 3. The van der Waals surface area contributed by atoms with Gasteiger partial charge in [0.05, 0.1) is 24.3 Å². The SMILES string of the molecule is C=C(C)C(=O)OCCc1cc(C(=O)O)ccc1C(=O)OCC1CO1. The third-order valence-electron chi connectivity index (χ3n) is 3.33. The number of aromatic carboxylic acids is 1. The molecule has 1 fully saturated rings. The van der Waals surface area contributed by atoms with Crippen molar-refractivity contribution in [2.24, 2.45) is 0 Å². The summed E-state index contributed by atoms with van der Waals surface area (Å²) in [5.41, 5.74) is 0.981. The van der Waals surface area contributed by atoms with E-state index in [-0.39, 0.29) is 42.4 Å². The van der Waals surface area contributed by atoms with E-state index in [2.05, 4.69) is 6.58 Å². The first-order chi connectivity index (χ1) is 11.4. The van der Waals surface area contributed by atoms with Crippen LogP contribution in [0.5, 0.6) is 0 Å². The van der Waals surface area contributed by atoms with Crippen molar-refractivity contribution in [3.05, 3.63) is 47.0 Å². The summed E-state index contributed by atoms with van der Waals surface area (Å²) in [6.45, 7) is 5.72. The highest BCUT2D eigenvalue weighted by Gasteiger charge is 2.25. The van der Waals surface area contributed by atoms with Gasteiger partial charge >= 0.3 is 17.9 Å². The van der Waals surface area contributed by atoms with Gasteiger partial charge < -0.3 is 19.3 Å². The van der Waals surface area contributed by atoms with Gasteiger partial charge in [0.1, 0.15) is 12.7 Å². The Balaban J connectivity index is 2.09. The smallest absolute Gasteiger partial charge is 0.338 e. The van der Waals surface area contributed by atoms with E-state index >= 15 is 0 Å². The standard InChI is InChI=1S/C17H18O7/c1-10(2)16(20)22-6-5-11-7-12(15(18)19)3-4-14(11)17(21)24-9-13-8-23-13/h3-4,7,13H,1,5-6,8-9H2,2H3,(H,18,19). The molecule has 128 valence electrons. The molecular formula is C17H18O7. The molecule has 7 nitrogen and oxygen atoms in total. The van der Waals surface area contributed by atoms with E-state index in [4.69, 9.17) is 19.3 Å². The zero-order chi connectivity index (χ0) is 17.7. The molecule has 24 heavy (non-hydrogen) atoms. The minimum Gasteiger partial charge on any atom is -0.478 e. The molecule has 0 amide bonds. The van der Waals surface area contributed by atoms with Crippen molar-refractivity contribution < 1.29 is 33.7 Å². The molecule has 1 unspecified atom stereocenters. The zero-order valence-electron chi connectivity index (χ0n) is 13.2. The Labute approximate surface area is 138 Å². The van der Waals surface area contributed by atoms with Gasteiger partial charge in [0.25, 0.3) is 0 Å². The largest absolute Gasteiger partial charge is 0.478 e. The van der Waals surface area contributed by atoms with Gasteiger partial charge in [-0.15, -0.1) is 0 Å². The highest BCUT2D eigenvalue weighted by molar-refractivity contribution is 5.94. The topological polar surface area (TPSA) is 102 Å². The van der Waals surface area contributed by atoms with Crippen molar-refractivity contribution in [2.45, 2.75) is 19.4 Å². The number of ether oxygens (including phenoxy) is 3. The lowest BCUT2D eigenvalue weighted by molar-refractivity contribution is -0.138. The lowest BCUT2D eigenvalue weighted by Crippen LogP contribution is -2.15. The third kappa shape index (κ3) is 4.92. The minimum absolute atomic E-state index is 0.000776. The molecule has 1 aliphatic rings. The quantitative estimate of drug-likeness (QED) is 0.437. The third-order valence-corrected chi connectivity index (χ3v) is 3.33. The number of carbonyl (C=O) groups excluding carboxylic acids is 2. The number of carboxylic acids is 1. The summed E-state index contributed by atoms with van der Waals surface area (Å²) in [6, 6.07) is 4.10. The lowest BCUT2D eigenvalue weighted by atomic mass is 10.0. The van der Waals surface area contributed by atoms with Crippen LogP contribution in [0.1, 0.15) is 33.2 Å². The lowest BCUT2D eigenvalue weighted by Gasteiger charge is -2.11. The van der Waals surface area contributed by atoms with E-state index in [0.29, 0.717) is 12.2 Å². The predicted octanol–water partition coefficient (Wildman–Crippen LogP) is 1.60. The van der Waals surface area contributed by atoms with Crippen LogP contribution in [-0.4, -0.2) is 48.9 Å². The van der Waals surface area contributed by atoms with Crippen LogP contribution in [0, 0.1) is 0 Å². The van der Waals surface area contributed by atoms with Gasteiger partial charge in [-0.2, -0.15) is 0 Å². The van der Waals surface area contributed by atoms with Gasteiger partial charge in [0.2, 0.25) is 0 Å². The highest BCUT2D eigenvalue weighted by Crippen LogP contribution is 2.17. The number of esters is 2. The maximum absolute atomic E-state index is 12.1. The summed E-state index contributed by atoms with van der Waals surface area (Å²) in [4.78, 5) is 34.6. The fourth-order valence-electron chi connectivity index (χ4n) is 1.92. The first-order valence-corrected chi connectivity index (χ1v) is 7.36. The second-order valence-electron chi connectivity index (χ2n) is 5.40. The summed E-state index contributed by atoms with van der Waals surface area (Å²) in [5.74, 6) is -2.22. The summed E-state index contributed by atoms with van der Waals surface area (Å²) in [7, 11) is 0. The summed E-state index contributed by atoms with van der Waals surface area (Å²) >= 11 is 0. The Morgan fingerprint density at radius 1 is 1.33 bits per heavy atom. The van der Waals surface area contributed by atoms with Crippen LogP contribution in [-0.2, 0) is 25.4 Å². The monoisotopic (exact) mass is 334 g/mol. The summed E-state index contributed by atoms with van der Waals surface area (Å²) in [5, 5.41) is 9.08. The molecule has 1 saturated heterocycles. The molecule has 0 aromatic heterocycles. The average molecular weight is 334 g/mol. The molecule has 7 heteroatoms. The Morgan fingerprint density at radius 3 is 2.62 bits per heavy atom. The first-order valence-electron chi connectivity index (χ1n) is 7.36. The average Bonchev–Trinajstić information content (AvgIpc) is 3.36. The molecule has 1 heterocycles. The van der Waals surface area contributed by atoms with Crippen molar-refractivity contribution in [3.63, 3.8) is 0 Å². The van der Waals surface area contributed by atoms with E-state index in [1.54, 1.807) is 0 Å². The number of epoxide rings is 1. The summed E-state index contributed by atoms with van der Waals surface area (Å²) in [6.07, 6.45) is 0.122. The van der Waals surface area contributed by atoms with Crippen LogP contribution in [0.4, 0.5) is 0 Å². The van der Waals surface area contributed by atoms with E-state index in [9.17, 15) is 14.4 Å². The highest BCUT2D eigenvalue weighted by atomic mass is 16.6. The molecule has 2 rings (SSSR count). The van der Waals surface area contributed by atoms with Crippen LogP contribution >= 0.6 is 0 Å². The van der Waals surface area contributed by atoms with Gasteiger partial charge in [-0.05, 0) is 30.7 Å². The molecule has 1 atom stereocenters. The minimum atomic E-state index is -1.11. The van der Waals surface area contributed by atoms with Crippen LogP contribution < -0.4 is 0 Å². The molecule has 1 aromatic carbocycles. The molecule has 0 radical (unpaired) electrons. The Hall–Kier alpha value is -2.67. The molecule has 0 saturated carbocycles. The molecule has 1 N–H and O–H groups in total. The second kappa shape index (κ2) is 7.74. The summed E-state index contributed by atoms with van der Waals surface area (Å²) < 4.78 is 15.1. The fraction of sp³-hybridized carbons (Fsp3) is 0.353. The molecular weight excluding hydrogens is 316 g/mol. The van der Waals surface area contributed by atoms with Crippen molar-refractivity contribution in [2.75, 3.05) is 19.8 Å². The Kier molecular flexibility index (Phi) is 5.70. The molecule has 0 spiro atoms. The maximum atomic E-state index is 12.1. The fourth-order valence-corrected chi connectivity index (χ4v) is 1.92. The van der Waals surface area contributed by atoms with Crippen LogP contribution in [0.15, 0.2) is 30.4 Å². The van der Waals surface area contributed by atoms with E-state index in [0.717, 1.165) is 0 Å². The number of rotatable bonds is 8. The van der Waals surface area contributed by atoms with Crippen molar-refractivity contribution >= 4 is 17.9 Å². The van der Waals surface area contributed by atoms with Crippen LogP contribution in [0.25, 0.3) is 0 Å². The van der Waals surface area contributed by atoms with Gasteiger partial charge in [-0.25, -0.2) is 14.4 Å². The van der Waals surface area contributed by atoms with E-state index in [1.165, 1.54) is 25.1 Å². The zero-order valence-corrected chi connectivity index (χ0v) is 13.2. The number of hydrogen-bond acceptors (Lipinski definition) is 6. The van der Waals surface area contributed by atoms with Crippen molar-refractivity contribution in [3.8, 4) is 0 Å².